The quantitative estimate of drug-likeness (QED) is 0.870. The summed E-state index contributed by atoms with van der Waals surface area (Å²) >= 11 is 3.33. The second-order valence-corrected chi connectivity index (χ2v) is 3.96. The number of nitrogens with two attached hydrogens (primary N) is 1. The minimum absolute atomic E-state index is 0.271. The van der Waals surface area contributed by atoms with Gasteiger partial charge in [-0.05, 0) is 30.2 Å². The minimum Gasteiger partial charge on any atom is -0.497 e. The molecular weight excluding hydrogens is 262 g/mol. The van der Waals surface area contributed by atoms with E-state index in [4.69, 9.17) is 15.6 Å². The lowest BCUT2D eigenvalue weighted by molar-refractivity contribution is -0.138. The van der Waals surface area contributed by atoms with E-state index < -0.39 is 12.0 Å². The SMILES string of the molecule is COc1ccc(Br)c(C[C@H](N)C(=O)O)c1. The third-order valence-electron chi connectivity index (χ3n) is 2.01. The van der Waals surface area contributed by atoms with Crippen molar-refractivity contribution in [3.8, 4) is 5.75 Å². The maximum Gasteiger partial charge on any atom is 0.320 e. The molecule has 0 aromatic heterocycles. The highest BCUT2D eigenvalue weighted by Gasteiger charge is 2.14. The number of carboxylic acid groups (broad SMARTS) is 1. The number of hydrogen-bond donors (Lipinski definition) is 2. The average molecular weight is 274 g/mol. The fourth-order valence-electron chi connectivity index (χ4n) is 1.16. The van der Waals surface area contributed by atoms with Gasteiger partial charge in [0.15, 0.2) is 0 Å². The Labute approximate surface area is 96.2 Å². The first-order valence-electron chi connectivity index (χ1n) is 4.35. The molecule has 1 atom stereocenters. The normalized spacial score (nSPS) is 12.2. The number of halogens is 1. The Hall–Kier alpha value is -1.07. The van der Waals surface area contributed by atoms with Gasteiger partial charge in [-0.15, -0.1) is 0 Å². The van der Waals surface area contributed by atoms with E-state index >= 15 is 0 Å². The standard InChI is InChI=1S/C10H12BrNO3/c1-15-7-2-3-8(11)6(4-7)5-9(12)10(13)14/h2-4,9H,5,12H2,1H3,(H,13,14)/t9-/m0/s1. The Morgan fingerprint density at radius 2 is 2.33 bits per heavy atom. The van der Waals surface area contributed by atoms with Gasteiger partial charge in [-0.3, -0.25) is 4.79 Å². The van der Waals surface area contributed by atoms with Crippen molar-refractivity contribution >= 4 is 21.9 Å². The molecule has 1 rings (SSSR count). The molecule has 82 valence electrons. The zero-order chi connectivity index (χ0) is 11.4. The Morgan fingerprint density at radius 1 is 1.67 bits per heavy atom. The number of rotatable bonds is 4. The van der Waals surface area contributed by atoms with Crippen molar-refractivity contribution < 1.29 is 14.6 Å². The number of hydrogen-bond acceptors (Lipinski definition) is 3. The summed E-state index contributed by atoms with van der Waals surface area (Å²) in [5.41, 5.74) is 6.27. The van der Waals surface area contributed by atoms with E-state index in [1.165, 1.54) is 0 Å². The maximum absolute atomic E-state index is 10.6. The highest BCUT2D eigenvalue weighted by molar-refractivity contribution is 9.10. The molecule has 0 aliphatic carbocycles. The largest absolute Gasteiger partial charge is 0.497 e. The average Bonchev–Trinajstić information content (AvgIpc) is 2.21. The molecule has 4 nitrogen and oxygen atoms in total. The van der Waals surface area contributed by atoms with Gasteiger partial charge in [0.25, 0.3) is 0 Å². The van der Waals surface area contributed by atoms with Crippen LogP contribution in [0.3, 0.4) is 0 Å². The van der Waals surface area contributed by atoms with Crippen molar-refractivity contribution in [2.24, 2.45) is 5.73 Å². The second kappa shape index (κ2) is 5.14. The number of benzene rings is 1. The zero-order valence-corrected chi connectivity index (χ0v) is 9.82. The van der Waals surface area contributed by atoms with Gasteiger partial charge in [0.05, 0.1) is 7.11 Å². The van der Waals surface area contributed by atoms with E-state index in [0.29, 0.717) is 5.75 Å². The van der Waals surface area contributed by atoms with Crippen molar-refractivity contribution in [2.75, 3.05) is 7.11 Å². The molecule has 0 radical (unpaired) electrons. The molecule has 0 bridgehead atoms. The van der Waals surface area contributed by atoms with E-state index in [0.717, 1.165) is 10.0 Å². The summed E-state index contributed by atoms with van der Waals surface area (Å²) in [7, 11) is 1.56. The predicted molar refractivity (Wildman–Crippen MR) is 60.0 cm³/mol. The molecule has 0 heterocycles. The van der Waals surface area contributed by atoms with E-state index in [1.54, 1.807) is 19.2 Å². The highest BCUT2D eigenvalue weighted by Crippen LogP contribution is 2.23. The first kappa shape index (κ1) is 12.0. The summed E-state index contributed by atoms with van der Waals surface area (Å²) in [6.45, 7) is 0. The summed E-state index contributed by atoms with van der Waals surface area (Å²) in [6, 6.07) is 4.48. The first-order chi connectivity index (χ1) is 7.04. The van der Waals surface area contributed by atoms with Crippen molar-refractivity contribution in [2.45, 2.75) is 12.5 Å². The van der Waals surface area contributed by atoms with Gasteiger partial charge in [-0.25, -0.2) is 0 Å². The lowest BCUT2D eigenvalue weighted by Gasteiger charge is -2.09. The van der Waals surface area contributed by atoms with Crippen LogP contribution >= 0.6 is 15.9 Å². The van der Waals surface area contributed by atoms with E-state index in [1.807, 2.05) is 6.07 Å². The summed E-state index contributed by atoms with van der Waals surface area (Å²) < 4.78 is 5.88. The first-order valence-corrected chi connectivity index (χ1v) is 5.14. The molecular formula is C10H12BrNO3. The molecule has 1 aromatic rings. The molecule has 0 fully saturated rings. The molecule has 0 spiro atoms. The lowest BCUT2D eigenvalue weighted by Crippen LogP contribution is -2.32. The molecule has 1 aromatic carbocycles. The monoisotopic (exact) mass is 273 g/mol. The van der Waals surface area contributed by atoms with Crippen LogP contribution in [0.5, 0.6) is 5.75 Å². The van der Waals surface area contributed by atoms with Gasteiger partial charge in [-0.2, -0.15) is 0 Å². The predicted octanol–water partition coefficient (Wildman–Crippen LogP) is 1.41. The Morgan fingerprint density at radius 3 is 2.87 bits per heavy atom. The molecule has 0 unspecified atom stereocenters. The Kier molecular flexibility index (Phi) is 4.11. The van der Waals surface area contributed by atoms with Crippen molar-refractivity contribution in [3.63, 3.8) is 0 Å². The summed E-state index contributed by atoms with van der Waals surface area (Å²) in [4.78, 5) is 10.6. The highest BCUT2D eigenvalue weighted by atomic mass is 79.9. The second-order valence-electron chi connectivity index (χ2n) is 3.11. The molecule has 0 aliphatic rings. The van der Waals surface area contributed by atoms with Gasteiger partial charge in [0.1, 0.15) is 11.8 Å². The van der Waals surface area contributed by atoms with Gasteiger partial charge < -0.3 is 15.6 Å². The number of methoxy groups -OCH3 is 1. The van der Waals surface area contributed by atoms with Crippen molar-refractivity contribution in [1.29, 1.82) is 0 Å². The zero-order valence-electron chi connectivity index (χ0n) is 8.24. The molecule has 0 saturated carbocycles. The molecule has 5 heteroatoms. The van der Waals surface area contributed by atoms with Crippen LogP contribution in [0.1, 0.15) is 5.56 Å². The fourth-order valence-corrected chi connectivity index (χ4v) is 1.57. The van der Waals surface area contributed by atoms with Gasteiger partial charge >= 0.3 is 5.97 Å². The molecule has 15 heavy (non-hydrogen) atoms. The van der Waals surface area contributed by atoms with Gasteiger partial charge in [0, 0.05) is 4.47 Å². The Balaban J connectivity index is 2.88. The van der Waals surface area contributed by atoms with Crippen LogP contribution in [-0.4, -0.2) is 24.2 Å². The summed E-state index contributed by atoms with van der Waals surface area (Å²) in [5, 5.41) is 8.69. The molecule has 0 amide bonds. The van der Waals surface area contributed by atoms with E-state index in [-0.39, 0.29) is 6.42 Å². The summed E-state index contributed by atoms with van der Waals surface area (Å²) in [6.07, 6.45) is 0.271. The third kappa shape index (κ3) is 3.21. The van der Waals surface area contributed by atoms with Crippen LogP contribution in [-0.2, 0) is 11.2 Å². The van der Waals surface area contributed by atoms with Crippen LogP contribution in [0.25, 0.3) is 0 Å². The molecule has 0 aliphatic heterocycles. The smallest absolute Gasteiger partial charge is 0.320 e. The van der Waals surface area contributed by atoms with Crippen LogP contribution < -0.4 is 10.5 Å². The van der Waals surface area contributed by atoms with Gasteiger partial charge in [0.2, 0.25) is 0 Å². The van der Waals surface area contributed by atoms with Crippen LogP contribution in [0, 0.1) is 0 Å². The molecule has 0 saturated heterocycles. The summed E-state index contributed by atoms with van der Waals surface area (Å²) in [5.74, 6) is -0.324. The van der Waals surface area contributed by atoms with E-state index in [9.17, 15) is 4.79 Å². The Bertz CT molecular complexity index is 368. The maximum atomic E-state index is 10.6. The van der Waals surface area contributed by atoms with Gasteiger partial charge in [-0.1, -0.05) is 15.9 Å². The number of ether oxygens (including phenoxy) is 1. The van der Waals surface area contributed by atoms with Crippen molar-refractivity contribution in [1.82, 2.24) is 0 Å². The van der Waals surface area contributed by atoms with Crippen molar-refractivity contribution in [3.05, 3.63) is 28.2 Å². The lowest BCUT2D eigenvalue weighted by atomic mass is 10.1. The van der Waals surface area contributed by atoms with E-state index in [2.05, 4.69) is 15.9 Å². The number of carbonyl (C=O) groups is 1. The number of carboxylic acids is 1. The van der Waals surface area contributed by atoms with Crippen LogP contribution in [0.15, 0.2) is 22.7 Å². The minimum atomic E-state index is -1.01. The third-order valence-corrected chi connectivity index (χ3v) is 2.78. The van der Waals surface area contributed by atoms with Crippen LogP contribution in [0.2, 0.25) is 0 Å². The number of aliphatic carboxylic acids is 1. The van der Waals surface area contributed by atoms with Crippen LogP contribution in [0.4, 0.5) is 0 Å². The topological polar surface area (TPSA) is 72.5 Å². The molecule has 3 N–H and O–H groups in total. The fraction of sp³-hybridized carbons (Fsp3) is 0.300.